The fourth-order valence-electron chi connectivity index (χ4n) is 8.53. The van der Waals surface area contributed by atoms with E-state index in [1.54, 1.807) is 0 Å². The summed E-state index contributed by atoms with van der Waals surface area (Å²) < 4.78 is 17.9. The highest BCUT2D eigenvalue weighted by Gasteiger charge is 2.63. The molecule has 7 aliphatic rings. The van der Waals surface area contributed by atoms with E-state index in [1.165, 1.54) is 6.42 Å². The van der Waals surface area contributed by atoms with Crippen molar-refractivity contribution >= 4 is 5.91 Å². The zero-order valence-corrected chi connectivity index (χ0v) is 20.3. The summed E-state index contributed by atoms with van der Waals surface area (Å²) >= 11 is 0. The zero-order chi connectivity index (χ0) is 23.3. The summed E-state index contributed by atoms with van der Waals surface area (Å²) in [4.78, 5) is 17.9. The number of rotatable bonds is 9. The van der Waals surface area contributed by atoms with E-state index in [9.17, 15) is 10.1 Å². The predicted molar refractivity (Wildman–Crippen MR) is 125 cm³/mol. The van der Waals surface area contributed by atoms with Crippen LogP contribution in [0.15, 0.2) is 0 Å². The number of ether oxygens (including phenoxy) is 3. The summed E-state index contributed by atoms with van der Waals surface area (Å²) in [6, 6.07) is 1.83. The molecule has 188 valence electrons. The molecule has 4 bridgehead atoms. The molecule has 2 aliphatic heterocycles. The molecule has 0 aromatic heterocycles. The Kier molecular flexibility index (Phi) is 6.14. The Bertz CT molecular complexity index is 810. The summed E-state index contributed by atoms with van der Waals surface area (Å²) in [7, 11) is 0. The molecule has 5 saturated carbocycles. The normalized spacial score (nSPS) is 43.5. The van der Waals surface area contributed by atoms with Crippen LogP contribution >= 0.6 is 0 Å². The molecule has 6 atom stereocenters. The molecule has 0 radical (unpaired) electrons. The first-order valence-corrected chi connectivity index (χ1v) is 13.5. The van der Waals surface area contributed by atoms with Crippen LogP contribution in [0.3, 0.4) is 0 Å². The SMILES string of the molecule is N#CC1CC2CC2N1C(=O)[C@@H](N)C12CC3CC(CC(OCCOCCN4CCOCC4)(C3)C1)C2. The molecule has 0 aromatic rings. The van der Waals surface area contributed by atoms with Crippen LogP contribution < -0.4 is 5.73 Å². The van der Waals surface area contributed by atoms with Gasteiger partial charge >= 0.3 is 0 Å². The van der Waals surface area contributed by atoms with Gasteiger partial charge in [0.15, 0.2) is 0 Å². The van der Waals surface area contributed by atoms with Crippen molar-refractivity contribution < 1.29 is 19.0 Å². The van der Waals surface area contributed by atoms with E-state index in [4.69, 9.17) is 19.9 Å². The number of nitrogens with two attached hydrogens (primary N) is 1. The van der Waals surface area contributed by atoms with E-state index in [0.717, 1.165) is 84.4 Å². The van der Waals surface area contributed by atoms with Gasteiger partial charge in [-0.25, -0.2) is 0 Å². The van der Waals surface area contributed by atoms with Gasteiger partial charge in [0.2, 0.25) is 5.91 Å². The molecular weight excluding hydrogens is 432 g/mol. The van der Waals surface area contributed by atoms with Crippen molar-refractivity contribution in [3.05, 3.63) is 0 Å². The lowest BCUT2D eigenvalue weighted by molar-refractivity contribution is -0.204. The lowest BCUT2D eigenvalue weighted by Gasteiger charge is -2.63. The molecule has 5 aliphatic carbocycles. The van der Waals surface area contributed by atoms with Crippen LogP contribution in [0.2, 0.25) is 0 Å². The third-order valence-corrected chi connectivity index (χ3v) is 9.78. The number of hydrogen-bond donors (Lipinski definition) is 1. The van der Waals surface area contributed by atoms with Gasteiger partial charge in [-0.05, 0) is 74.5 Å². The monoisotopic (exact) mass is 472 g/mol. The van der Waals surface area contributed by atoms with Crippen molar-refractivity contribution in [2.75, 3.05) is 52.7 Å². The Hall–Kier alpha value is -1.24. The van der Waals surface area contributed by atoms with Crippen molar-refractivity contribution in [1.29, 1.82) is 5.26 Å². The number of amides is 1. The molecule has 7 rings (SSSR count). The Morgan fingerprint density at radius 2 is 1.85 bits per heavy atom. The van der Waals surface area contributed by atoms with Crippen molar-refractivity contribution in [3.8, 4) is 6.07 Å². The Labute approximate surface area is 203 Å². The van der Waals surface area contributed by atoms with Crippen molar-refractivity contribution in [2.24, 2.45) is 28.9 Å². The average molecular weight is 473 g/mol. The molecule has 34 heavy (non-hydrogen) atoms. The standard InChI is InChI=1S/C26H40N4O4/c27-16-21-10-20-11-22(20)30(21)24(31)23(28)25-12-18-9-19(13-25)15-26(14-18,17-25)34-8-7-33-6-3-29-1-4-32-5-2-29/h18-23H,1-15,17,28H2/t18?,19?,20?,21?,22?,23-,25?,26?/m1/s1. The molecule has 0 spiro atoms. The van der Waals surface area contributed by atoms with Gasteiger partial charge in [-0.1, -0.05) is 0 Å². The number of fused-ring (bicyclic) bond motifs is 1. The maximum atomic E-state index is 13.6. The first-order chi connectivity index (χ1) is 16.5. The molecule has 0 aromatic carbocycles. The minimum absolute atomic E-state index is 0.0279. The second kappa shape index (κ2) is 9.01. The molecule has 2 saturated heterocycles. The van der Waals surface area contributed by atoms with Crippen LogP contribution in [0.25, 0.3) is 0 Å². The number of carbonyl (C=O) groups excluding carboxylic acids is 1. The van der Waals surface area contributed by atoms with Crippen molar-refractivity contribution in [3.63, 3.8) is 0 Å². The van der Waals surface area contributed by atoms with Gasteiger partial charge in [0.05, 0.1) is 50.7 Å². The van der Waals surface area contributed by atoms with E-state index < -0.39 is 6.04 Å². The van der Waals surface area contributed by atoms with Crippen LogP contribution in [-0.4, -0.2) is 92.1 Å². The van der Waals surface area contributed by atoms with Crippen LogP contribution in [0, 0.1) is 34.5 Å². The van der Waals surface area contributed by atoms with E-state index in [1.807, 2.05) is 4.90 Å². The van der Waals surface area contributed by atoms with Gasteiger partial charge in [-0.3, -0.25) is 9.69 Å². The molecule has 5 unspecified atom stereocenters. The fourth-order valence-corrected chi connectivity index (χ4v) is 8.53. The van der Waals surface area contributed by atoms with Crippen LogP contribution in [0.4, 0.5) is 0 Å². The van der Waals surface area contributed by atoms with E-state index >= 15 is 0 Å². The highest BCUT2D eigenvalue weighted by molar-refractivity contribution is 5.84. The maximum absolute atomic E-state index is 13.6. The zero-order valence-electron chi connectivity index (χ0n) is 20.3. The van der Waals surface area contributed by atoms with Gasteiger partial charge in [-0.2, -0.15) is 5.26 Å². The van der Waals surface area contributed by atoms with Gasteiger partial charge in [0, 0.05) is 25.7 Å². The van der Waals surface area contributed by atoms with Crippen LogP contribution in [-0.2, 0) is 19.0 Å². The first kappa shape index (κ1) is 23.2. The fraction of sp³-hybridized carbons (Fsp3) is 0.923. The van der Waals surface area contributed by atoms with Gasteiger partial charge in [-0.15, -0.1) is 0 Å². The lowest BCUT2D eigenvalue weighted by Crippen LogP contribution is -2.65. The molecule has 2 N–H and O–H groups in total. The Balaban J connectivity index is 1.05. The van der Waals surface area contributed by atoms with Gasteiger partial charge < -0.3 is 24.8 Å². The van der Waals surface area contributed by atoms with E-state index in [0.29, 0.717) is 31.0 Å². The number of likely N-dealkylation sites (tertiary alicyclic amines) is 1. The topological polar surface area (TPSA) is 101 Å². The van der Waals surface area contributed by atoms with Gasteiger partial charge in [0.25, 0.3) is 0 Å². The third-order valence-electron chi connectivity index (χ3n) is 9.78. The van der Waals surface area contributed by atoms with Crippen LogP contribution in [0.1, 0.15) is 51.4 Å². The average Bonchev–Trinajstić information content (AvgIpc) is 3.49. The molecule has 8 heteroatoms. The second-order valence-electron chi connectivity index (χ2n) is 12.1. The number of nitriles is 1. The highest BCUT2D eigenvalue weighted by atomic mass is 16.5. The second-order valence-corrected chi connectivity index (χ2v) is 12.1. The smallest absolute Gasteiger partial charge is 0.241 e. The summed E-state index contributed by atoms with van der Waals surface area (Å²) in [5.74, 6) is 1.75. The summed E-state index contributed by atoms with van der Waals surface area (Å²) in [6.07, 6.45) is 8.27. The highest BCUT2D eigenvalue weighted by Crippen LogP contribution is 2.64. The number of morpholine rings is 1. The predicted octanol–water partition coefficient (Wildman–Crippen LogP) is 1.53. The molecule has 8 nitrogen and oxygen atoms in total. The largest absolute Gasteiger partial charge is 0.379 e. The third kappa shape index (κ3) is 4.18. The maximum Gasteiger partial charge on any atom is 0.241 e. The number of hydrogen-bond acceptors (Lipinski definition) is 7. The molecule has 7 fully saturated rings. The summed E-state index contributed by atoms with van der Waals surface area (Å²) in [5.41, 5.74) is 6.49. The minimum atomic E-state index is -0.513. The number of nitrogens with zero attached hydrogens (tertiary/aromatic N) is 3. The summed E-state index contributed by atoms with van der Waals surface area (Å²) in [6.45, 7) is 6.49. The van der Waals surface area contributed by atoms with Crippen molar-refractivity contribution in [1.82, 2.24) is 9.80 Å². The van der Waals surface area contributed by atoms with Crippen LogP contribution in [0.5, 0.6) is 0 Å². The lowest BCUT2D eigenvalue weighted by atomic mass is 9.46. The Morgan fingerprint density at radius 1 is 1.09 bits per heavy atom. The first-order valence-electron chi connectivity index (χ1n) is 13.5. The molecular formula is C26H40N4O4. The van der Waals surface area contributed by atoms with E-state index in [2.05, 4.69) is 11.0 Å². The van der Waals surface area contributed by atoms with E-state index in [-0.39, 0.29) is 29.0 Å². The molecule has 2 heterocycles. The number of piperidine rings is 1. The number of carbonyl (C=O) groups is 1. The summed E-state index contributed by atoms with van der Waals surface area (Å²) in [5, 5.41) is 9.59. The quantitative estimate of drug-likeness (QED) is 0.508. The van der Waals surface area contributed by atoms with Gasteiger partial charge in [0.1, 0.15) is 6.04 Å². The Morgan fingerprint density at radius 3 is 2.59 bits per heavy atom. The van der Waals surface area contributed by atoms with Crippen molar-refractivity contribution in [2.45, 2.75) is 75.1 Å². The molecule has 1 amide bonds. The minimum Gasteiger partial charge on any atom is -0.379 e.